The predicted molar refractivity (Wildman–Crippen MR) is 226 cm³/mol. The van der Waals surface area contributed by atoms with Gasteiger partial charge in [-0.15, -0.1) is 0 Å². The van der Waals surface area contributed by atoms with Crippen LogP contribution in [0.1, 0.15) is 34.0 Å². The van der Waals surface area contributed by atoms with E-state index in [2.05, 4.69) is 26.9 Å². The fourth-order valence-electron chi connectivity index (χ4n) is 7.66. The number of benzene rings is 3. The quantitative estimate of drug-likeness (QED) is 0.174. The smallest absolute Gasteiger partial charge is 0.327 e. The molecular weight excluding hydrogens is 749 g/mol. The Kier molecular flexibility index (Phi) is 12.1. The molecule has 0 atom stereocenters. The molecule has 5 aromatic rings. The van der Waals surface area contributed by atoms with Crippen molar-refractivity contribution in [2.24, 2.45) is 0 Å². The normalized spacial score (nSPS) is 15.5. The molecular formula is C44H50N10O5. The maximum absolute atomic E-state index is 14.0. The van der Waals surface area contributed by atoms with Crippen molar-refractivity contribution in [1.82, 2.24) is 29.7 Å². The number of nitrogens with one attached hydrogen (secondary N) is 1. The first-order valence-corrected chi connectivity index (χ1v) is 20.2. The van der Waals surface area contributed by atoms with Crippen LogP contribution >= 0.6 is 0 Å². The van der Waals surface area contributed by atoms with Gasteiger partial charge in [0, 0.05) is 93.7 Å². The van der Waals surface area contributed by atoms with Crippen molar-refractivity contribution < 1.29 is 23.8 Å². The number of aromatic nitrogens is 4. The van der Waals surface area contributed by atoms with Crippen molar-refractivity contribution in [3.63, 3.8) is 0 Å². The molecule has 0 aliphatic carbocycles. The number of morpholine rings is 1. The van der Waals surface area contributed by atoms with Crippen LogP contribution in [-0.2, 0) is 24.2 Å². The van der Waals surface area contributed by atoms with Crippen LogP contribution in [0.5, 0.6) is 11.5 Å². The molecule has 306 valence electrons. The maximum atomic E-state index is 14.0. The van der Waals surface area contributed by atoms with Gasteiger partial charge in [-0.05, 0) is 66.6 Å². The average molecular weight is 799 g/mol. The van der Waals surface area contributed by atoms with Crippen molar-refractivity contribution in [3.8, 4) is 22.8 Å². The third-order valence-corrected chi connectivity index (χ3v) is 11.1. The lowest BCUT2D eigenvalue weighted by Crippen LogP contribution is -2.48. The molecule has 0 unspecified atom stereocenters. The Bertz CT molecular complexity index is 2180. The first kappa shape index (κ1) is 39.5. The summed E-state index contributed by atoms with van der Waals surface area (Å²) in [5.74, 6) is 3.16. The van der Waals surface area contributed by atoms with Gasteiger partial charge in [0.1, 0.15) is 17.3 Å². The SMILES string of the molecule is CCN1CCN(C(=O)c2cccc(NC(=O)N3CCc4c(-c5cnc(N(Cc6ccc(OC)cc6)Cc6ccc(OC)cc6)nc5)nc(N5CCOCC5)nc43)c2)CC1. The molecule has 59 heavy (non-hydrogen) atoms. The van der Waals surface area contributed by atoms with Gasteiger partial charge in [-0.25, -0.2) is 19.7 Å². The predicted octanol–water partition coefficient (Wildman–Crippen LogP) is 5.37. The van der Waals surface area contributed by atoms with Crippen LogP contribution in [0.25, 0.3) is 11.3 Å². The first-order valence-electron chi connectivity index (χ1n) is 20.2. The van der Waals surface area contributed by atoms with E-state index in [1.807, 2.05) is 53.4 Å². The van der Waals surface area contributed by atoms with Crippen molar-refractivity contribution in [1.29, 1.82) is 0 Å². The summed E-state index contributed by atoms with van der Waals surface area (Å²) < 4.78 is 16.4. The third kappa shape index (κ3) is 9.06. The number of likely N-dealkylation sites (N-methyl/N-ethyl adjacent to an activating group) is 1. The van der Waals surface area contributed by atoms with E-state index in [1.54, 1.807) is 55.8 Å². The van der Waals surface area contributed by atoms with E-state index in [4.69, 9.17) is 34.1 Å². The first-order chi connectivity index (χ1) is 28.9. The number of ether oxygens (including phenoxy) is 3. The summed E-state index contributed by atoms with van der Waals surface area (Å²) in [4.78, 5) is 57.4. The molecule has 0 saturated carbocycles. The number of hydrogen-bond donors (Lipinski definition) is 1. The number of hydrogen-bond acceptors (Lipinski definition) is 12. The molecule has 8 rings (SSSR count). The fraction of sp³-hybridized carbons (Fsp3) is 0.364. The summed E-state index contributed by atoms with van der Waals surface area (Å²) in [5, 5.41) is 3.04. The van der Waals surface area contributed by atoms with Crippen molar-refractivity contribution in [2.75, 3.05) is 99.8 Å². The molecule has 3 aliphatic rings. The number of piperazine rings is 1. The van der Waals surface area contributed by atoms with Crippen LogP contribution in [-0.4, -0.2) is 121 Å². The minimum Gasteiger partial charge on any atom is -0.497 e. The number of urea groups is 1. The lowest BCUT2D eigenvalue weighted by atomic mass is 10.1. The number of rotatable bonds is 12. The zero-order valence-electron chi connectivity index (χ0n) is 33.8. The molecule has 5 heterocycles. The molecule has 2 aromatic heterocycles. The van der Waals surface area contributed by atoms with E-state index in [0.29, 0.717) is 100 Å². The highest BCUT2D eigenvalue weighted by molar-refractivity contribution is 6.04. The van der Waals surface area contributed by atoms with E-state index in [9.17, 15) is 9.59 Å². The van der Waals surface area contributed by atoms with E-state index < -0.39 is 0 Å². The van der Waals surface area contributed by atoms with Crippen molar-refractivity contribution in [2.45, 2.75) is 26.4 Å². The van der Waals surface area contributed by atoms with Gasteiger partial charge in [-0.2, -0.15) is 4.98 Å². The highest BCUT2D eigenvalue weighted by Crippen LogP contribution is 2.36. The highest BCUT2D eigenvalue weighted by Gasteiger charge is 2.32. The number of carbonyl (C=O) groups is 2. The average Bonchev–Trinajstić information content (AvgIpc) is 3.74. The van der Waals surface area contributed by atoms with E-state index in [0.717, 1.165) is 53.4 Å². The van der Waals surface area contributed by atoms with Crippen molar-refractivity contribution >= 4 is 35.3 Å². The van der Waals surface area contributed by atoms with E-state index in [-0.39, 0.29) is 11.9 Å². The number of fused-ring (bicyclic) bond motifs is 1. The zero-order valence-corrected chi connectivity index (χ0v) is 33.8. The summed E-state index contributed by atoms with van der Waals surface area (Å²) in [5.41, 5.74) is 5.51. The summed E-state index contributed by atoms with van der Waals surface area (Å²) in [6, 6.07) is 22.8. The van der Waals surface area contributed by atoms with Crippen LogP contribution in [0.15, 0.2) is 85.2 Å². The van der Waals surface area contributed by atoms with Crippen LogP contribution < -0.4 is 29.5 Å². The number of nitrogens with zero attached hydrogens (tertiary/aromatic N) is 9. The van der Waals surface area contributed by atoms with Crippen LogP contribution in [0.2, 0.25) is 0 Å². The van der Waals surface area contributed by atoms with Gasteiger partial charge >= 0.3 is 6.03 Å². The topological polar surface area (TPSA) is 142 Å². The summed E-state index contributed by atoms with van der Waals surface area (Å²) in [6.45, 7) is 10.1. The Hall–Kier alpha value is -6.32. The van der Waals surface area contributed by atoms with Gasteiger partial charge in [-0.3, -0.25) is 9.69 Å². The molecule has 0 bridgehead atoms. The summed E-state index contributed by atoms with van der Waals surface area (Å²) in [6.07, 6.45) is 4.15. The van der Waals surface area contributed by atoms with Crippen molar-refractivity contribution in [3.05, 3.63) is 107 Å². The lowest BCUT2D eigenvalue weighted by molar-refractivity contribution is 0.0643. The summed E-state index contributed by atoms with van der Waals surface area (Å²) in [7, 11) is 3.31. The molecule has 2 saturated heterocycles. The number of methoxy groups -OCH3 is 2. The Morgan fingerprint density at radius 3 is 2.05 bits per heavy atom. The second-order valence-corrected chi connectivity index (χ2v) is 14.7. The number of carbonyl (C=O) groups excluding carboxylic acids is 2. The van der Waals surface area contributed by atoms with Gasteiger partial charge in [0.15, 0.2) is 0 Å². The van der Waals surface area contributed by atoms with E-state index in [1.165, 1.54) is 0 Å². The number of anilines is 4. The second kappa shape index (κ2) is 18.1. The molecule has 1 N–H and O–H groups in total. The Balaban J connectivity index is 1.06. The molecule has 0 spiro atoms. The fourth-order valence-corrected chi connectivity index (χ4v) is 7.66. The minimum atomic E-state index is -0.332. The summed E-state index contributed by atoms with van der Waals surface area (Å²) >= 11 is 0. The second-order valence-electron chi connectivity index (χ2n) is 14.7. The van der Waals surface area contributed by atoms with Gasteiger partial charge < -0.3 is 39.1 Å². The molecule has 3 aliphatic heterocycles. The maximum Gasteiger partial charge on any atom is 0.327 e. The third-order valence-electron chi connectivity index (χ3n) is 11.1. The Labute approximate surface area is 344 Å². The molecule has 2 fully saturated rings. The molecule has 15 nitrogen and oxygen atoms in total. The molecule has 0 radical (unpaired) electrons. The standard InChI is InChI=1S/C44H50N10O5/c1-4-50-18-20-51(21-19-50)41(55)33-6-5-7-35(26-33)47-44(56)54-17-16-38-39(48-43(49-40(38)54)52-22-24-59-25-23-52)34-27-45-42(46-28-34)53(29-31-8-12-36(57-2)13-9-31)30-32-10-14-37(58-3)15-11-32/h5-15,26-28H,4,16-25,29-30H2,1-3H3,(H,47,56). The van der Waals surface area contributed by atoms with E-state index >= 15 is 0 Å². The van der Waals surface area contributed by atoms with Crippen LogP contribution in [0.3, 0.4) is 0 Å². The Morgan fingerprint density at radius 2 is 1.44 bits per heavy atom. The molecule has 3 aromatic carbocycles. The van der Waals surface area contributed by atoms with Crippen LogP contribution in [0.4, 0.5) is 28.2 Å². The van der Waals surface area contributed by atoms with Gasteiger partial charge in [-0.1, -0.05) is 37.3 Å². The van der Waals surface area contributed by atoms with Gasteiger partial charge in [0.25, 0.3) is 5.91 Å². The van der Waals surface area contributed by atoms with Gasteiger partial charge in [0.2, 0.25) is 11.9 Å². The van der Waals surface area contributed by atoms with Crippen LogP contribution in [0, 0.1) is 0 Å². The Morgan fingerprint density at radius 1 is 0.797 bits per heavy atom. The zero-order chi connectivity index (χ0) is 40.7. The molecule has 15 heteroatoms. The number of amides is 3. The lowest BCUT2D eigenvalue weighted by Gasteiger charge is -2.34. The monoisotopic (exact) mass is 798 g/mol. The molecule has 3 amide bonds. The van der Waals surface area contributed by atoms with Gasteiger partial charge in [0.05, 0.1) is 33.1 Å². The highest BCUT2D eigenvalue weighted by atomic mass is 16.5. The largest absolute Gasteiger partial charge is 0.497 e. The minimum absolute atomic E-state index is 0.0336.